The number of aldehydes is 1. The zero-order valence-electron chi connectivity index (χ0n) is 26.3. The fraction of sp³-hybridized carbons (Fsp3) is 0.676. The Hall–Kier alpha value is -3.43. The second kappa shape index (κ2) is 12.9. The van der Waals surface area contributed by atoms with Gasteiger partial charge in [-0.15, -0.1) is 0 Å². The van der Waals surface area contributed by atoms with E-state index in [2.05, 4.69) is 5.32 Å². The number of methoxy groups -OCH3 is 1. The van der Waals surface area contributed by atoms with Gasteiger partial charge in [-0.3, -0.25) is 4.79 Å². The number of rotatable bonds is 4. The number of amides is 2. The predicted octanol–water partition coefficient (Wildman–Crippen LogP) is 5.39. The highest BCUT2D eigenvalue weighted by molar-refractivity contribution is 5.88. The molecular weight excluding hydrogens is 560 g/mol. The Labute approximate surface area is 259 Å². The lowest BCUT2D eigenvalue weighted by Crippen LogP contribution is -2.55. The van der Waals surface area contributed by atoms with Crippen molar-refractivity contribution < 1.29 is 28.6 Å². The van der Waals surface area contributed by atoms with Crippen LogP contribution in [-0.4, -0.2) is 70.6 Å². The smallest absolute Gasteiger partial charge is 0.408 e. The largest absolute Gasteiger partial charge is 0.497 e. The second-order valence-corrected chi connectivity index (χ2v) is 13.4. The van der Waals surface area contributed by atoms with Gasteiger partial charge in [0.05, 0.1) is 30.7 Å². The quantitative estimate of drug-likeness (QED) is 0.460. The molecule has 3 fully saturated rings. The minimum absolute atomic E-state index is 0.00233. The number of nitrogens with one attached hydrogen (secondary N) is 1. The minimum Gasteiger partial charge on any atom is -0.497 e. The topological polar surface area (TPSA) is 120 Å². The van der Waals surface area contributed by atoms with E-state index >= 15 is 0 Å². The van der Waals surface area contributed by atoms with Crippen LogP contribution in [0, 0.1) is 17.8 Å². The number of aromatic nitrogens is 2. The first-order valence-electron chi connectivity index (χ1n) is 16.6. The third-order valence-electron chi connectivity index (χ3n) is 10.5. The van der Waals surface area contributed by atoms with Crippen LogP contribution < -0.4 is 14.8 Å². The molecule has 2 amide bonds. The van der Waals surface area contributed by atoms with Crippen molar-refractivity contribution >= 4 is 29.3 Å². The maximum Gasteiger partial charge on any atom is 0.408 e. The van der Waals surface area contributed by atoms with Gasteiger partial charge in [0.25, 0.3) is 0 Å². The van der Waals surface area contributed by atoms with E-state index in [9.17, 15) is 14.4 Å². The first-order valence-corrected chi connectivity index (χ1v) is 16.6. The minimum atomic E-state index is -0.746. The Balaban J connectivity index is 1.35. The van der Waals surface area contributed by atoms with Crippen LogP contribution in [0.25, 0.3) is 11.0 Å². The molecule has 238 valence electrons. The molecule has 1 N–H and O–H groups in total. The van der Waals surface area contributed by atoms with Gasteiger partial charge in [-0.1, -0.05) is 39.0 Å². The Kier molecular flexibility index (Phi) is 8.96. The molecule has 1 aromatic heterocycles. The maximum absolute atomic E-state index is 14.3. The van der Waals surface area contributed by atoms with Crippen LogP contribution in [0.2, 0.25) is 0 Å². The SMILES string of the molecule is CC[C@@H]1[C@@H]2CN(C(=O)[C@H](C3CCCCC3)NC(=O)O[C@]3(C)C[C@H]3CCCCCc3nc4ccc(OC)cc4nc3O2)[C@@H]1C=O. The molecule has 0 radical (unpaired) electrons. The van der Waals surface area contributed by atoms with Crippen molar-refractivity contribution in [1.29, 1.82) is 0 Å². The Morgan fingerprint density at radius 1 is 1.07 bits per heavy atom. The maximum atomic E-state index is 14.3. The molecule has 1 saturated heterocycles. The van der Waals surface area contributed by atoms with Gasteiger partial charge in [0.15, 0.2) is 0 Å². The lowest BCUT2D eigenvalue weighted by atomic mass is 9.83. The van der Waals surface area contributed by atoms with Crippen molar-refractivity contribution in [3.8, 4) is 11.6 Å². The molecule has 6 atom stereocenters. The second-order valence-electron chi connectivity index (χ2n) is 13.4. The first kappa shape index (κ1) is 30.6. The number of aryl methyl sites for hydroxylation is 1. The molecule has 4 aliphatic rings. The number of fused-ring (bicyclic) bond motifs is 5. The van der Waals surface area contributed by atoms with Gasteiger partial charge in [0.2, 0.25) is 11.8 Å². The molecule has 0 unspecified atom stereocenters. The van der Waals surface area contributed by atoms with E-state index in [1.165, 1.54) is 0 Å². The lowest BCUT2D eigenvalue weighted by Gasteiger charge is -2.34. The third-order valence-corrected chi connectivity index (χ3v) is 10.5. The molecule has 3 heterocycles. The summed E-state index contributed by atoms with van der Waals surface area (Å²) in [6.45, 7) is 4.24. The van der Waals surface area contributed by atoms with Gasteiger partial charge < -0.3 is 29.2 Å². The van der Waals surface area contributed by atoms with Crippen LogP contribution in [-0.2, 0) is 20.7 Å². The number of hydrogen-bond donors (Lipinski definition) is 1. The van der Waals surface area contributed by atoms with Crippen LogP contribution >= 0.6 is 0 Å². The van der Waals surface area contributed by atoms with E-state index in [4.69, 9.17) is 24.2 Å². The van der Waals surface area contributed by atoms with Gasteiger partial charge in [0.1, 0.15) is 35.5 Å². The average Bonchev–Trinajstić information content (AvgIpc) is 3.52. The first-order chi connectivity index (χ1) is 21.3. The molecule has 1 aromatic carbocycles. The van der Waals surface area contributed by atoms with Crippen molar-refractivity contribution in [2.75, 3.05) is 13.7 Å². The van der Waals surface area contributed by atoms with Gasteiger partial charge in [-0.05, 0) is 69.9 Å². The highest BCUT2D eigenvalue weighted by Crippen LogP contribution is 2.49. The number of benzene rings is 1. The van der Waals surface area contributed by atoms with Crippen LogP contribution in [0.1, 0.15) is 90.2 Å². The summed E-state index contributed by atoms with van der Waals surface area (Å²) >= 11 is 0. The Bertz CT molecular complexity index is 1380. The average molecular weight is 607 g/mol. The summed E-state index contributed by atoms with van der Waals surface area (Å²) in [7, 11) is 1.62. The van der Waals surface area contributed by atoms with Crippen molar-refractivity contribution in [3.05, 3.63) is 23.9 Å². The van der Waals surface area contributed by atoms with Gasteiger partial charge in [-0.2, -0.15) is 0 Å². The van der Waals surface area contributed by atoms with Crippen LogP contribution in [0.4, 0.5) is 4.79 Å². The Morgan fingerprint density at radius 2 is 1.84 bits per heavy atom. The van der Waals surface area contributed by atoms with E-state index in [1.54, 1.807) is 12.0 Å². The summed E-state index contributed by atoms with van der Waals surface area (Å²) in [4.78, 5) is 51.7. The van der Waals surface area contributed by atoms with Gasteiger partial charge in [0, 0.05) is 17.9 Å². The summed E-state index contributed by atoms with van der Waals surface area (Å²) in [5.74, 6) is 0.994. The summed E-state index contributed by atoms with van der Waals surface area (Å²) in [5, 5.41) is 2.99. The summed E-state index contributed by atoms with van der Waals surface area (Å²) < 4.78 is 18.0. The zero-order valence-corrected chi connectivity index (χ0v) is 26.3. The van der Waals surface area contributed by atoms with Crippen molar-refractivity contribution in [1.82, 2.24) is 20.2 Å². The van der Waals surface area contributed by atoms with Crippen LogP contribution in [0.3, 0.4) is 0 Å². The van der Waals surface area contributed by atoms with Gasteiger partial charge >= 0.3 is 6.09 Å². The summed E-state index contributed by atoms with van der Waals surface area (Å²) in [5.41, 5.74) is 1.73. The molecule has 44 heavy (non-hydrogen) atoms. The number of carbonyl (C=O) groups is 3. The zero-order chi connectivity index (χ0) is 30.8. The molecule has 6 rings (SSSR count). The number of nitrogens with zero attached hydrogens (tertiary/aromatic N) is 3. The monoisotopic (exact) mass is 606 g/mol. The number of carbonyl (C=O) groups excluding carboxylic acids is 3. The van der Waals surface area contributed by atoms with E-state index in [-0.39, 0.29) is 24.3 Å². The summed E-state index contributed by atoms with van der Waals surface area (Å²) in [6, 6.07) is 4.23. The third kappa shape index (κ3) is 6.22. The van der Waals surface area contributed by atoms with Crippen LogP contribution in [0.15, 0.2) is 18.2 Å². The highest BCUT2D eigenvalue weighted by atomic mass is 16.6. The standard InChI is InChI=1S/C34H46N4O6/c1-4-24-28(20-39)38-19-29(24)43-31-26(35-25-16-15-23(42-3)17-27(25)36-31)14-10-6-9-13-22-18-34(22,2)44-33(41)37-30(32(38)40)21-11-7-5-8-12-21/h15-17,20-22,24,28-30H,4-14,18-19H2,1-3H3,(H,37,41)/t22-,24+,28-,29+,30+,34-/m1/s1. The van der Waals surface area contributed by atoms with Crippen LogP contribution in [0.5, 0.6) is 11.6 Å². The van der Waals surface area contributed by atoms with Crippen molar-refractivity contribution in [3.63, 3.8) is 0 Å². The normalized spacial score (nSPS) is 31.9. The van der Waals surface area contributed by atoms with E-state index in [0.29, 0.717) is 35.9 Å². The highest BCUT2D eigenvalue weighted by Gasteiger charge is 2.54. The number of alkyl carbamates (subject to hydrolysis) is 1. The molecule has 2 aromatic rings. The molecule has 2 aliphatic heterocycles. The van der Waals surface area contributed by atoms with Crippen molar-refractivity contribution in [2.45, 2.75) is 115 Å². The van der Waals surface area contributed by atoms with Gasteiger partial charge in [-0.25, -0.2) is 14.8 Å². The molecule has 0 spiro atoms. The molecule has 2 saturated carbocycles. The Morgan fingerprint density at radius 3 is 2.59 bits per heavy atom. The molecule has 10 heteroatoms. The fourth-order valence-corrected chi connectivity index (χ4v) is 7.74. The molecule has 2 bridgehead atoms. The van der Waals surface area contributed by atoms with Crippen molar-refractivity contribution in [2.24, 2.45) is 17.8 Å². The molecule has 10 nitrogen and oxygen atoms in total. The predicted molar refractivity (Wildman–Crippen MR) is 165 cm³/mol. The fourth-order valence-electron chi connectivity index (χ4n) is 7.74. The van der Waals surface area contributed by atoms with E-state index < -0.39 is 29.9 Å². The summed E-state index contributed by atoms with van der Waals surface area (Å²) in [6.07, 6.45) is 10.9. The lowest BCUT2D eigenvalue weighted by molar-refractivity contribution is -0.138. The molecular formula is C34H46N4O6. The number of ether oxygens (including phenoxy) is 3. The van der Waals surface area contributed by atoms with E-state index in [0.717, 1.165) is 81.7 Å². The van der Waals surface area contributed by atoms with E-state index in [1.807, 2.05) is 32.0 Å². The number of hydrogen-bond acceptors (Lipinski definition) is 8. The molecule has 2 aliphatic carbocycles.